The maximum atomic E-state index is 13.2. The smallest absolute Gasteiger partial charge is 0.374 e. The van der Waals surface area contributed by atoms with E-state index in [9.17, 15) is 22.8 Å². The summed E-state index contributed by atoms with van der Waals surface area (Å²) in [5.41, 5.74) is 0. The van der Waals surface area contributed by atoms with Crippen LogP contribution in [0.25, 0.3) is 0 Å². The van der Waals surface area contributed by atoms with E-state index in [0.29, 0.717) is 12.8 Å². The van der Waals surface area contributed by atoms with Gasteiger partial charge in [0, 0.05) is 6.42 Å². The lowest BCUT2D eigenvalue weighted by molar-refractivity contribution is -0.153. The van der Waals surface area contributed by atoms with Gasteiger partial charge in [-0.2, -0.15) is 4.39 Å². The monoisotopic (exact) mass is 304 g/mol. The number of esters is 1. The van der Waals surface area contributed by atoms with Crippen LogP contribution in [0.15, 0.2) is 12.1 Å². The van der Waals surface area contributed by atoms with E-state index < -0.39 is 35.0 Å². The predicted octanol–water partition coefficient (Wildman–Crippen LogP) is 2.79. The first-order chi connectivity index (χ1) is 9.97. The van der Waals surface area contributed by atoms with Crippen molar-refractivity contribution in [2.45, 2.75) is 26.2 Å². The number of carbonyl (C=O) groups is 2. The largest absolute Gasteiger partial charge is 0.490 e. The van der Waals surface area contributed by atoms with Gasteiger partial charge in [-0.05, 0) is 31.9 Å². The summed E-state index contributed by atoms with van der Waals surface area (Å²) in [5.74, 6) is -6.20. The molecular formula is C14H15F3O4. The molecule has 0 aliphatic carbocycles. The normalized spacial score (nSPS) is 10.3. The van der Waals surface area contributed by atoms with E-state index in [0.717, 1.165) is 12.1 Å². The van der Waals surface area contributed by atoms with Gasteiger partial charge in [0.1, 0.15) is 0 Å². The Labute approximate surface area is 119 Å². The van der Waals surface area contributed by atoms with Crippen LogP contribution in [-0.2, 0) is 14.3 Å². The van der Waals surface area contributed by atoms with Crippen molar-refractivity contribution in [2.24, 2.45) is 0 Å². The lowest BCUT2D eigenvalue weighted by Gasteiger charge is -2.07. The summed E-state index contributed by atoms with van der Waals surface area (Å²) >= 11 is 0. The van der Waals surface area contributed by atoms with Crippen molar-refractivity contribution in [3.05, 3.63) is 29.6 Å². The molecule has 0 fully saturated rings. The van der Waals surface area contributed by atoms with Crippen LogP contribution in [0.3, 0.4) is 0 Å². The topological polar surface area (TPSA) is 52.6 Å². The van der Waals surface area contributed by atoms with Crippen LogP contribution >= 0.6 is 0 Å². The minimum Gasteiger partial charge on any atom is -0.490 e. The van der Waals surface area contributed by atoms with Gasteiger partial charge in [-0.15, -0.1) is 0 Å². The number of benzene rings is 1. The van der Waals surface area contributed by atoms with Crippen LogP contribution in [0.4, 0.5) is 13.2 Å². The van der Waals surface area contributed by atoms with E-state index in [1.165, 1.54) is 0 Å². The Morgan fingerprint density at radius 3 is 2.48 bits per heavy atom. The summed E-state index contributed by atoms with van der Waals surface area (Å²) in [6.07, 6.45) is 0.676. The van der Waals surface area contributed by atoms with Gasteiger partial charge in [-0.1, -0.05) is 0 Å². The lowest BCUT2D eigenvalue weighted by atomic mass is 10.2. The molecule has 1 aromatic rings. The van der Waals surface area contributed by atoms with Crippen LogP contribution < -0.4 is 4.74 Å². The van der Waals surface area contributed by atoms with Crippen molar-refractivity contribution < 1.29 is 32.2 Å². The second kappa shape index (κ2) is 8.28. The zero-order valence-electron chi connectivity index (χ0n) is 11.5. The molecule has 7 heteroatoms. The van der Waals surface area contributed by atoms with Gasteiger partial charge in [-0.3, -0.25) is 4.79 Å². The minimum absolute atomic E-state index is 0.0115. The van der Waals surface area contributed by atoms with Gasteiger partial charge in [0.05, 0.1) is 13.2 Å². The number of hydrogen-bond donors (Lipinski definition) is 0. The van der Waals surface area contributed by atoms with Crippen molar-refractivity contribution in [1.82, 2.24) is 0 Å². The third kappa shape index (κ3) is 5.09. The summed E-state index contributed by atoms with van der Waals surface area (Å²) < 4.78 is 48.3. The average Bonchev–Trinajstić information content (AvgIpc) is 2.46. The zero-order chi connectivity index (χ0) is 15.8. The third-order valence-electron chi connectivity index (χ3n) is 2.56. The highest BCUT2D eigenvalue weighted by Gasteiger charge is 2.15. The number of ketones is 1. The first-order valence-corrected chi connectivity index (χ1v) is 6.43. The molecule has 0 radical (unpaired) electrons. The molecule has 0 bridgehead atoms. The van der Waals surface area contributed by atoms with Crippen molar-refractivity contribution in [2.75, 3.05) is 13.2 Å². The van der Waals surface area contributed by atoms with Gasteiger partial charge in [0.2, 0.25) is 11.6 Å². The molecule has 1 rings (SSSR count). The number of halogens is 3. The van der Waals surface area contributed by atoms with E-state index in [1.54, 1.807) is 6.92 Å². The molecule has 1 aromatic carbocycles. The van der Waals surface area contributed by atoms with E-state index in [2.05, 4.69) is 4.74 Å². The van der Waals surface area contributed by atoms with Crippen molar-refractivity contribution in [1.29, 1.82) is 0 Å². The Kier molecular flexibility index (Phi) is 6.71. The number of carbonyl (C=O) groups excluding carboxylic acids is 2. The van der Waals surface area contributed by atoms with E-state index in [-0.39, 0.29) is 19.6 Å². The quantitative estimate of drug-likeness (QED) is 0.321. The number of rotatable bonds is 8. The number of Topliss-reactive ketones (excluding diaryl/α,β-unsaturated/α-hetero) is 1. The maximum Gasteiger partial charge on any atom is 0.374 e. The molecule has 0 amide bonds. The molecule has 0 N–H and O–H groups in total. The van der Waals surface area contributed by atoms with Crippen LogP contribution in [-0.4, -0.2) is 25.0 Å². The number of hydrogen-bond acceptors (Lipinski definition) is 4. The van der Waals surface area contributed by atoms with Gasteiger partial charge in [0.15, 0.2) is 17.4 Å². The molecule has 0 saturated carbocycles. The second-order valence-corrected chi connectivity index (χ2v) is 4.12. The number of ether oxygens (including phenoxy) is 2. The van der Waals surface area contributed by atoms with E-state index in [4.69, 9.17) is 4.74 Å². The van der Waals surface area contributed by atoms with Gasteiger partial charge in [-0.25, -0.2) is 13.6 Å². The predicted molar refractivity (Wildman–Crippen MR) is 67.3 cm³/mol. The van der Waals surface area contributed by atoms with Crippen molar-refractivity contribution in [3.63, 3.8) is 0 Å². The average molecular weight is 304 g/mol. The van der Waals surface area contributed by atoms with E-state index >= 15 is 0 Å². The minimum atomic E-state index is -1.59. The molecule has 0 aliphatic rings. The van der Waals surface area contributed by atoms with Crippen LogP contribution in [0.1, 0.15) is 26.2 Å². The standard InChI is InChI=1S/C14H15F3O4/c1-2-20-14(19)10(18)5-3-4-8-21-11-7-6-9(15)12(16)13(11)17/h6-7H,2-5,8H2,1H3. The summed E-state index contributed by atoms with van der Waals surface area (Å²) in [6, 6.07) is 1.75. The first kappa shape index (κ1) is 17.0. The lowest BCUT2D eigenvalue weighted by Crippen LogP contribution is -2.17. The molecule has 0 aliphatic heterocycles. The highest BCUT2D eigenvalue weighted by molar-refractivity contribution is 6.33. The van der Waals surface area contributed by atoms with Gasteiger partial charge < -0.3 is 9.47 Å². The molecule has 0 unspecified atom stereocenters. The summed E-state index contributed by atoms with van der Waals surface area (Å²) in [6.45, 7) is 1.73. The van der Waals surface area contributed by atoms with Crippen molar-refractivity contribution in [3.8, 4) is 5.75 Å². The Bertz CT molecular complexity index is 517. The molecule has 0 spiro atoms. The third-order valence-corrected chi connectivity index (χ3v) is 2.56. The molecule has 0 saturated heterocycles. The van der Waals surface area contributed by atoms with E-state index in [1.807, 2.05) is 0 Å². The Hall–Kier alpha value is -2.05. The molecule has 21 heavy (non-hydrogen) atoms. The van der Waals surface area contributed by atoms with Gasteiger partial charge in [0.25, 0.3) is 0 Å². The molecular weight excluding hydrogens is 289 g/mol. The summed E-state index contributed by atoms with van der Waals surface area (Å²) in [4.78, 5) is 22.2. The van der Waals surface area contributed by atoms with Crippen molar-refractivity contribution >= 4 is 11.8 Å². The number of unbranched alkanes of at least 4 members (excludes halogenated alkanes) is 1. The molecule has 0 aromatic heterocycles. The maximum absolute atomic E-state index is 13.2. The van der Waals surface area contributed by atoms with Crippen LogP contribution in [0.5, 0.6) is 5.75 Å². The summed E-state index contributed by atoms with van der Waals surface area (Å²) in [5, 5.41) is 0. The molecule has 0 heterocycles. The van der Waals surface area contributed by atoms with Gasteiger partial charge >= 0.3 is 5.97 Å². The first-order valence-electron chi connectivity index (χ1n) is 6.43. The van der Waals surface area contributed by atoms with Crippen LogP contribution in [0.2, 0.25) is 0 Å². The molecule has 4 nitrogen and oxygen atoms in total. The fraction of sp³-hybridized carbons (Fsp3) is 0.429. The summed E-state index contributed by atoms with van der Waals surface area (Å²) in [7, 11) is 0. The highest BCUT2D eigenvalue weighted by Crippen LogP contribution is 2.21. The zero-order valence-corrected chi connectivity index (χ0v) is 11.5. The second-order valence-electron chi connectivity index (χ2n) is 4.12. The SMILES string of the molecule is CCOC(=O)C(=O)CCCCOc1ccc(F)c(F)c1F. The highest BCUT2D eigenvalue weighted by atomic mass is 19.2. The Balaban J connectivity index is 2.31. The molecule has 116 valence electrons. The Morgan fingerprint density at radius 1 is 1.10 bits per heavy atom. The van der Waals surface area contributed by atoms with Crippen LogP contribution in [0, 0.1) is 17.5 Å². The Morgan fingerprint density at radius 2 is 1.81 bits per heavy atom. The fourth-order valence-corrected chi connectivity index (χ4v) is 1.50. The molecule has 0 atom stereocenters. The fourth-order valence-electron chi connectivity index (χ4n) is 1.50.